The van der Waals surface area contributed by atoms with Gasteiger partial charge in [0.1, 0.15) is 0 Å². The number of piperidine rings is 1. The standard InChI is InChI=1S/C18H30N2O2.ClH/c1-4-5-10-22-18-11-15(6-7-17(18)21-3)13-20-9-8-16(19)14(2)12-20;/h6-7,11,14,16H,4-5,8-10,12-13,19H2,1-3H3;1H. The second kappa shape index (κ2) is 10.0. The largest absolute Gasteiger partial charge is 0.493 e. The Morgan fingerprint density at radius 1 is 1.30 bits per heavy atom. The van der Waals surface area contributed by atoms with Crippen molar-refractivity contribution >= 4 is 12.4 Å². The summed E-state index contributed by atoms with van der Waals surface area (Å²) in [7, 11) is 1.69. The van der Waals surface area contributed by atoms with Crippen LogP contribution < -0.4 is 15.2 Å². The van der Waals surface area contributed by atoms with Crippen LogP contribution in [-0.2, 0) is 6.54 Å². The fourth-order valence-corrected chi connectivity index (χ4v) is 2.91. The van der Waals surface area contributed by atoms with E-state index in [1.54, 1.807) is 7.11 Å². The van der Waals surface area contributed by atoms with Crippen LogP contribution in [0.3, 0.4) is 0 Å². The Hall–Kier alpha value is -0.970. The summed E-state index contributed by atoms with van der Waals surface area (Å²) in [6.07, 6.45) is 3.28. The molecule has 1 fully saturated rings. The molecule has 1 aliphatic rings. The molecule has 2 rings (SSSR count). The van der Waals surface area contributed by atoms with E-state index in [4.69, 9.17) is 15.2 Å². The van der Waals surface area contributed by atoms with E-state index in [0.29, 0.717) is 12.0 Å². The van der Waals surface area contributed by atoms with Gasteiger partial charge in [-0.2, -0.15) is 0 Å². The van der Waals surface area contributed by atoms with Gasteiger partial charge in [-0.25, -0.2) is 0 Å². The minimum absolute atomic E-state index is 0. The third kappa shape index (κ3) is 5.87. The van der Waals surface area contributed by atoms with Crippen LogP contribution in [0.1, 0.15) is 38.7 Å². The lowest BCUT2D eigenvalue weighted by molar-refractivity contribution is 0.157. The Labute approximate surface area is 146 Å². The predicted molar refractivity (Wildman–Crippen MR) is 97.7 cm³/mol. The van der Waals surface area contributed by atoms with Crippen molar-refractivity contribution < 1.29 is 9.47 Å². The van der Waals surface area contributed by atoms with Crippen LogP contribution in [0.25, 0.3) is 0 Å². The van der Waals surface area contributed by atoms with Crippen LogP contribution in [-0.4, -0.2) is 37.7 Å². The van der Waals surface area contributed by atoms with Gasteiger partial charge in [0, 0.05) is 19.1 Å². The van der Waals surface area contributed by atoms with Crippen molar-refractivity contribution in [2.75, 3.05) is 26.8 Å². The maximum absolute atomic E-state index is 6.10. The smallest absolute Gasteiger partial charge is 0.161 e. The SMILES string of the molecule is CCCCOc1cc(CN2CCC(N)C(C)C2)ccc1OC.Cl. The van der Waals surface area contributed by atoms with Crippen molar-refractivity contribution in [2.24, 2.45) is 11.7 Å². The average Bonchev–Trinajstić information content (AvgIpc) is 2.51. The van der Waals surface area contributed by atoms with E-state index in [2.05, 4.69) is 30.9 Å². The summed E-state index contributed by atoms with van der Waals surface area (Å²) in [5.41, 5.74) is 7.37. The van der Waals surface area contributed by atoms with Gasteiger partial charge in [-0.3, -0.25) is 4.90 Å². The number of halogens is 1. The molecular formula is C18H31ClN2O2. The first-order valence-corrected chi connectivity index (χ1v) is 8.41. The van der Waals surface area contributed by atoms with Gasteiger partial charge in [0.15, 0.2) is 11.5 Å². The lowest BCUT2D eigenvalue weighted by atomic mass is 9.94. The molecule has 0 amide bonds. The third-order valence-electron chi connectivity index (χ3n) is 4.45. The number of hydrogen-bond acceptors (Lipinski definition) is 4. The van der Waals surface area contributed by atoms with Crippen LogP contribution in [0.15, 0.2) is 18.2 Å². The van der Waals surface area contributed by atoms with Crippen LogP contribution in [0.5, 0.6) is 11.5 Å². The summed E-state index contributed by atoms with van der Waals surface area (Å²) >= 11 is 0. The topological polar surface area (TPSA) is 47.7 Å². The van der Waals surface area contributed by atoms with Crippen molar-refractivity contribution in [1.82, 2.24) is 4.90 Å². The Morgan fingerprint density at radius 2 is 2.09 bits per heavy atom. The average molecular weight is 343 g/mol. The lowest BCUT2D eigenvalue weighted by Crippen LogP contribution is -2.45. The zero-order valence-electron chi connectivity index (χ0n) is 14.6. The summed E-state index contributed by atoms with van der Waals surface area (Å²) < 4.78 is 11.3. The number of hydrogen-bond donors (Lipinski definition) is 1. The fourth-order valence-electron chi connectivity index (χ4n) is 2.91. The first-order valence-electron chi connectivity index (χ1n) is 8.41. The number of nitrogens with two attached hydrogens (primary N) is 1. The highest BCUT2D eigenvalue weighted by Crippen LogP contribution is 2.29. The summed E-state index contributed by atoms with van der Waals surface area (Å²) in [6.45, 7) is 8.24. The van der Waals surface area contributed by atoms with Gasteiger partial charge in [-0.15, -0.1) is 12.4 Å². The van der Waals surface area contributed by atoms with Crippen LogP contribution >= 0.6 is 12.4 Å². The van der Waals surface area contributed by atoms with Gasteiger partial charge in [0.2, 0.25) is 0 Å². The van der Waals surface area contributed by atoms with Gasteiger partial charge in [-0.1, -0.05) is 26.3 Å². The van der Waals surface area contributed by atoms with Crippen molar-refractivity contribution in [1.29, 1.82) is 0 Å². The van der Waals surface area contributed by atoms with Gasteiger partial charge in [0.05, 0.1) is 13.7 Å². The summed E-state index contributed by atoms with van der Waals surface area (Å²) in [5.74, 6) is 2.23. The quantitative estimate of drug-likeness (QED) is 0.771. The number of benzene rings is 1. The first kappa shape index (κ1) is 20.1. The second-order valence-electron chi connectivity index (χ2n) is 6.35. The number of ether oxygens (including phenoxy) is 2. The van der Waals surface area contributed by atoms with Gasteiger partial charge >= 0.3 is 0 Å². The Balaban J connectivity index is 0.00000264. The van der Waals surface area contributed by atoms with E-state index in [-0.39, 0.29) is 12.4 Å². The number of rotatable bonds is 7. The highest BCUT2D eigenvalue weighted by Gasteiger charge is 2.23. The van der Waals surface area contributed by atoms with E-state index < -0.39 is 0 Å². The third-order valence-corrected chi connectivity index (χ3v) is 4.45. The van der Waals surface area contributed by atoms with Gasteiger partial charge in [0.25, 0.3) is 0 Å². The Bertz CT molecular complexity index is 470. The molecular weight excluding hydrogens is 312 g/mol. The maximum Gasteiger partial charge on any atom is 0.161 e. The molecule has 0 saturated carbocycles. The molecule has 0 aromatic heterocycles. The van der Waals surface area contributed by atoms with E-state index in [1.165, 1.54) is 5.56 Å². The second-order valence-corrected chi connectivity index (χ2v) is 6.35. The Kier molecular flexibility index (Phi) is 8.74. The van der Waals surface area contributed by atoms with Crippen LogP contribution in [0, 0.1) is 5.92 Å². The minimum atomic E-state index is 0. The van der Waals surface area contributed by atoms with Crippen molar-refractivity contribution in [2.45, 2.75) is 45.7 Å². The molecule has 132 valence electrons. The molecule has 23 heavy (non-hydrogen) atoms. The zero-order valence-corrected chi connectivity index (χ0v) is 15.4. The molecule has 1 heterocycles. The maximum atomic E-state index is 6.10. The highest BCUT2D eigenvalue weighted by molar-refractivity contribution is 5.85. The monoisotopic (exact) mass is 342 g/mol. The van der Waals surface area contributed by atoms with E-state index in [0.717, 1.165) is 57.0 Å². The molecule has 4 nitrogen and oxygen atoms in total. The molecule has 1 saturated heterocycles. The summed E-state index contributed by atoms with van der Waals surface area (Å²) in [6, 6.07) is 6.61. The molecule has 1 aliphatic heterocycles. The normalized spacial score (nSPS) is 21.6. The van der Waals surface area contributed by atoms with Crippen LogP contribution in [0.2, 0.25) is 0 Å². The fraction of sp³-hybridized carbons (Fsp3) is 0.667. The molecule has 1 aromatic carbocycles. The van der Waals surface area contributed by atoms with Crippen molar-refractivity contribution in [3.63, 3.8) is 0 Å². The molecule has 1 aromatic rings. The molecule has 2 unspecified atom stereocenters. The number of methoxy groups -OCH3 is 1. The van der Waals surface area contributed by atoms with Gasteiger partial charge < -0.3 is 15.2 Å². The summed E-state index contributed by atoms with van der Waals surface area (Å²) in [4.78, 5) is 2.48. The Morgan fingerprint density at radius 3 is 2.74 bits per heavy atom. The first-order chi connectivity index (χ1) is 10.6. The molecule has 2 N–H and O–H groups in total. The zero-order chi connectivity index (χ0) is 15.9. The van der Waals surface area contributed by atoms with E-state index >= 15 is 0 Å². The lowest BCUT2D eigenvalue weighted by Gasteiger charge is -2.35. The predicted octanol–water partition coefficient (Wildman–Crippen LogP) is 3.47. The van der Waals surface area contributed by atoms with Crippen LogP contribution in [0.4, 0.5) is 0 Å². The van der Waals surface area contributed by atoms with E-state index in [1.807, 2.05) is 6.07 Å². The number of nitrogens with zero attached hydrogens (tertiary/aromatic N) is 1. The molecule has 0 spiro atoms. The number of unbranched alkanes of at least 4 members (excludes halogenated alkanes) is 1. The minimum Gasteiger partial charge on any atom is -0.493 e. The van der Waals surface area contributed by atoms with Gasteiger partial charge in [-0.05, 0) is 43.0 Å². The number of likely N-dealkylation sites (tertiary alicyclic amines) is 1. The summed E-state index contributed by atoms with van der Waals surface area (Å²) in [5, 5.41) is 0. The highest BCUT2D eigenvalue weighted by atomic mass is 35.5. The molecule has 2 atom stereocenters. The molecule has 0 bridgehead atoms. The van der Waals surface area contributed by atoms with E-state index in [9.17, 15) is 0 Å². The molecule has 0 radical (unpaired) electrons. The van der Waals surface area contributed by atoms with Crippen molar-refractivity contribution in [3.8, 4) is 11.5 Å². The molecule has 5 heteroatoms. The molecule has 0 aliphatic carbocycles. The van der Waals surface area contributed by atoms with Crippen molar-refractivity contribution in [3.05, 3.63) is 23.8 Å².